The van der Waals surface area contributed by atoms with E-state index in [4.69, 9.17) is 9.47 Å². The molecular formula is C28H28FN3O5. The predicted molar refractivity (Wildman–Crippen MR) is 137 cm³/mol. The van der Waals surface area contributed by atoms with E-state index < -0.39 is 29.7 Å². The van der Waals surface area contributed by atoms with E-state index in [2.05, 4.69) is 5.32 Å². The summed E-state index contributed by atoms with van der Waals surface area (Å²) in [7, 11) is 1.49. The van der Waals surface area contributed by atoms with E-state index in [0.717, 1.165) is 11.3 Å². The van der Waals surface area contributed by atoms with Crippen LogP contribution in [-0.2, 0) is 16.1 Å². The third-order valence-electron chi connectivity index (χ3n) is 5.89. The number of nitrogens with zero attached hydrogens (tertiary/aromatic N) is 2. The first-order chi connectivity index (χ1) is 17.9. The lowest BCUT2D eigenvalue weighted by atomic mass is 10.1. The second-order valence-corrected chi connectivity index (χ2v) is 8.55. The normalized spacial score (nSPS) is 15.2. The summed E-state index contributed by atoms with van der Waals surface area (Å²) < 4.78 is 24.2. The van der Waals surface area contributed by atoms with E-state index in [-0.39, 0.29) is 13.0 Å². The number of imide groups is 1. The summed E-state index contributed by atoms with van der Waals surface area (Å²) in [5, 5.41) is 2.78. The maximum atomic E-state index is 13.5. The van der Waals surface area contributed by atoms with E-state index in [9.17, 15) is 18.8 Å². The zero-order valence-corrected chi connectivity index (χ0v) is 20.6. The largest absolute Gasteiger partial charge is 0.497 e. The summed E-state index contributed by atoms with van der Waals surface area (Å²) in [5.41, 5.74) is 1.51. The van der Waals surface area contributed by atoms with Crippen molar-refractivity contribution in [3.05, 3.63) is 84.2 Å². The van der Waals surface area contributed by atoms with Crippen LogP contribution in [0.15, 0.2) is 72.8 Å². The minimum absolute atomic E-state index is 0.0345. The molecule has 1 N–H and O–H groups in total. The molecule has 1 saturated heterocycles. The number of urea groups is 1. The standard InChI is InChI=1S/C28H28FN3O5/c1-3-15-37-23-13-11-21(12-14-23)30-26(33)17-25-27(34)32(22-5-4-6-24(16-22)36-2)28(35)31(25)18-19-7-9-20(29)10-8-19/h4-14,16,25H,3,15,17-18H2,1-2H3,(H,30,33)/t25-/m0/s1. The quantitative estimate of drug-likeness (QED) is 0.392. The zero-order valence-electron chi connectivity index (χ0n) is 20.6. The Morgan fingerprint density at radius 1 is 1.00 bits per heavy atom. The van der Waals surface area contributed by atoms with Gasteiger partial charge in [0.05, 0.1) is 25.8 Å². The Kier molecular flexibility index (Phi) is 8.02. The number of ether oxygens (including phenoxy) is 2. The SMILES string of the molecule is CCCOc1ccc(NC(=O)C[C@H]2C(=O)N(c3cccc(OC)c3)C(=O)N2Cc2ccc(F)cc2)cc1. The number of carbonyl (C=O) groups is 3. The van der Waals surface area contributed by atoms with E-state index in [1.807, 2.05) is 6.92 Å². The number of hydrogen-bond donors (Lipinski definition) is 1. The molecule has 0 aliphatic carbocycles. The molecule has 0 spiro atoms. The van der Waals surface area contributed by atoms with Crippen LogP contribution >= 0.6 is 0 Å². The number of benzene rings is 3. The highest BCUT2D eigenvalue weighted by molar-refractivity contribution is 6.22. The molecule has 1 aliphatic rings. The predicted octanol–water partition coefficient (Wildman–Crippen LogP) is 4.99. The Labute approximate surface area is 214 Å². The average molecular weight is 506 g/mol. The highest BCUT2D eigenvalue weighted by Crippen LogP contribution is 2.30. The van der Waals surface area contributed by atoms with Crippen LogP contribution in [0.4, 0.5) is 20.6 Å². The van der Waals surface area contributed by atoms with E-state index in [1.165, 1.54) is 24.1 Å². The van der Waals surface area contributed by atoms with Crippen molar-refractivity contribution in [3.63, 3.8) is 0 Å². The van der Waals surface area contributed by atoms with Crippen molar-refractivity contribution in [1.29, 1.82) is 0 Å². The molecule has 0 unspecified atom stereocenters. The summed E-state index contributed by atoms with van der Waals surface area (Å²) >= 11 is 0. The van der Waals surface area contributed by atoms with E-state index in [0.29, 0.717) is 35.0 Å². The number of rotatable bonds is 10. The van der Waals surface area contributed by atoms with Crippen molar-refractivity contribution in [3.8, 4) is 11.5 Å². The second kappa shape index (κ2) is 11.6. The van der Waals surface area contributed by atoms with Gasteiger partial charge in [0.25, 0.3) is 5.91 Å². The lowest BCUT2D eigenvalue weighted by Crippen LogP contribution is -2.37. The lowest BCUT2D eigenvalue weighted by molar-refractivity contribution is -0.124. The first kappa shape index (κ1) is 25.7. The van der Waals surface area contributed by atoms with Gasteiger partial charge in [-0.15, -0.1) is 0 Å². The zero-order chi connectivity index (χ0) is 26.4. The molecule has 0 radical (unpaired) electrons. The van der Waals surface area contributed by atoms with Gasteiger partial charge in [-0.05, 0) is 60.5 Å². The maximum Gasteiger partial charge on any atom is 0.332 e. The van der Waals surface area contributed by atoms with Gasteiger partial charge >= 0.3 is 6.03 Å². The Morgan fingerprint density at radius 3 is 2.41 bits per heavy atom. The molecule has 9 heteroatoms. The van der Waals surface area contributed by atoms with Crippen LogP contribution < -0.4 is 19.7 Å². The van der Waals surface area contributed by atoms with Crippen molar-refractivity contribution in [2.45, 2.75) is 32.4 Å². The molecule has 0 saturated carbocycles. The summed E-state index contributed by atoms with van der Waals surface area (Å²) in [5.74, 6) is -0.192. The van der Waals surface area contributed by atoms with Gasteiger partial charge in [0.2, 0.25) is 5.91 Å². The highest BCUT2D eigenvalue weighted by atomic mass is 19.1. The number of hydrogen-bond acceptors (Lipinski definition) is 5. The molecule has 3 aromatic carbocycles. The Hall–Kier alpha value is -4.40. The van der Waals surface area contributed by atoms with Crippen LogP contribution in [0.2, 0.25) is 0 Å². The third-order valence-corrected chi connectivity index (χ3v) is 5.89. The van der Waals surface area contributed by atoms with Crippen LogP contribution in [-0.4, -0.2) is 42.5 Å². The first-order valence-corrected chi connectivity index (χ1v) is 12.0. The molecule has 1 atom stereocenters. The van der Waals surface area contributed by atoms with Gasteiger partial charge in [-0.1, -0.05) is 25.1 Å². The number of nitrogens with one attached hydrogen (secondary N) is 1. The minimum atomic E-state index is -1.05. The fraction of sp³-hybridized carbons (Fsp3) is 0.250. The molecule has 4 rings (SSSR count). The van der Waals surface area contributed by atoms with Crippen LogP contribution in [0, 0.1) is 5.82 Å². The van der Waals surface area contributed by atoms with Crippen LogP contribution in [0.1, 0.15) is 25.3 Å². The van der Waals surface area contributed by atoms with Gasteiger partial charge in [0.15, 0.2) is 0 Å². The van der Waals surface area contributed by atoms with Gasteiger partial charge in [0, 0.05) is 18.3 Å². The number of methoxy groups -OCH3 is 1. The topological polar surface area (TPSA) is 88.2 Å². The Balaban J connectivity index is 1.55. The van der Waals surface area contributed by atoms with Gasteiger partial charge in [0.1, 0.15) is 23.4 Å². The van der Waals surface area contributed by atoms with Crippen LogP contribution in [0.5, 0.6) is 11.5 Å². The third kappa shape index (κ3) is 6.06. The molecule has 0 aromatic heterocycles. The second-order valence-electron chi connectivity index (χ2n) is 8.55. The molecule has 4 amide bonds. The molecule has 1 heterocycles. The van der Waals surface area contributed by atoms with Crippen molar-refractivity contribution in [2.24, 2.45) is 0 Å². The average Bonchev–Trinajstić information content (AvgIpc) is 3.13. The maximum absolute atomic E-state index is 13.5. The summed E-state index contributed by atoms with van der Waals surface area (Å²) in [6.45, 7) is 2.64. The van der Waals surface area contributed by atoms with Gasteiger partial charge in [-0.3, -0.25) is 9.59 Å². The Morgan fingerprint density at radius 2 is 1.73 bits per heavy atom. The Bertz CT molecular complexity index is 1260. The molecule has 3 aromatic rings. The smallest absolute Gasteiger partial charge is 0.332 e. The van der Waals surface area contributed by atoms with Crippen molar-refractivity contribution < 1.29 is 28.2 Å². The molecular weight excluding hydrogens is 477 g/mol. The fourth-order valence-corrected chi connectivity index (χ4v) is 4.03. The summed E-state index contributed by atoms with van der Waals surface area (Å²) in [6.07, 6.45) is 0.633. The van der Waals surface area contributed by atoms with Crippen molar-refractivity contribution >= 4 is 29.2 Å². The van der Waals surface area contributed by atoms with Crippen molar-refractivity contribution in [1.82, 2.24) is 4.90 Å². The van der Waals surface area contributed by atoms with Gasteiger partial charge in [-0.2, -0.15) is 0 Å². The molecule has 8 nitrogen and oxygen atoms in total. The monoisotopic (exact) mass is 505 g/mol. The molecule has 1 fully saturated rings. The fourth-order valence-electron chi connectivity index (χ4n) is 4.03. The van der Waals surface area contributed by atoms with Gasteiger partial charge in [-0.25, -0.2) is 14.1 Å². The van der Waals surface area contributed by atoms with E-state index in [1.54, 1.807) is 60.7 Å². The minimum Gasteiger partial charge on any atom is -0.497 e. The van der Waals surface area contributed by atoms with Crippen molar-refractivity contribution in [2.75, 3.05) is 23.9 Å². The first-order valence-electron chi connectivity index (χ1n) is 12.0. The summed E-state index contributed by atoms with van der Waals surface area (Å²) in [4.78, 5) is 42.2. The lowest BCUT2D eigenvalue weighted by Gasteiger charge is -2.21. The van der Waals surface area contributed by atoms with Crippen LogP contribution in [0.25, 0.3) is 0 Å². The number of amides is 4. The number of anilines is 2. The highest BCUT2D eigenvalue weighted by Gasteiger charge is 2.46. The van der Waals surface area contributed by atoms with Crippen LogP contribution in [0.3, 0.4) is 0 Å². The summed E-state index contributed by atoms with van der Waals surface area (Å²) in [6, 6.07) is 17.5. The number of halogens is 1. The van der Waals surface area contributed by atoms with Gasteiger partial charge < -0.3 is 19.7 Å². The number of carbonyl (C=O) groups excluding carboxylic acids is 3. The molecule has 0 bridgehead atoms. The molecule has 37 heavy (non-hydrogen) atoms. The molecule has 192 valence electrons. The van der Waals surface area contributed by atoms with E-state index >= 15 is 0 Å². The molecule has 1 aliphatic heterocycles.